The third-order valence-electron chi connectivity index (χ3n) is 9.05. The van der Waals surface area contributed by atoms with Crippen LogP contribution in [0.1, 0.15) is 34.6 Å². The quantitative estimate of drug-likeness (QED) is 0.262. The summed E-state index contributed by atoms with van der Waals surface area (Å²) in [4.78, 5) is 44.1. The zero-order valence-corrected chi connectivity index (χ0v) is 26.8. The van der Waals surface area contributed by atoms with Crippen molar-refractivity contribution < 1.29 is 18.7 Å². The molecular formula is C35H33FN10O3. The van der Waals surface area contributed by atoms with Gasteiger partial charge in [0.05, 0.1) is 31.1 Å². The molecule has 0 atom stereocenters. The summed E-state index contributed by atoms with van der Waals surface area (Å²) in [7, 11) is 1.56. The van der Waals surface area contributed by atoms with Gasteiger partial charge in [0, 0.05) is 87.0 Å². The molecule has 0 aliphatic carbocycles. The molecule has 2 aliphatic heterocycles. The first kappa shape index (κ1) is 31.5. The van der Waals surface area contributed by atoms with Gasteiger partial charge in [-0.25, -0.2) is 9.37 Å². The number of carbonyl (C=O) groups is 2. The lowest BCUT2D eigenvalue weighted by molar-refractivity contribution is -0.131. The molecule has 248 valence electrons. The van der Waals surface area contributed by atoms with Gasteiger partial charge in [-0.2, -0.15) is 5.26 Å². The summed E-state index contributed by atoms with van der Waals surface area (Å²) in [6.45, 7) is 3.04. The summed E-state index contributed by atoms with van der Waals surface area (Å²) in [5.41, 5.74) is 3.82. The van der Waals surface area contributed by atoms with Crippen LogP contribution >= 0.6 is 0 Å². The van der Waals surface area contributed by atoms with Crippen LogP contribution in [0.15, 0.2) is 67.4 Å². The van der Waals surface area contributed by atoms with E-state index < -0.39 is 5.82 Å². The normalized spacial score (nSPS) is 14.9. The number of anilines is 1. The number of aromatic amines is 1. The summed E-state index contributed by atoms with van der Waals surface area (Å²) in [5, 5.41) is 17.7. The van der Waals surface area contributed by atoms with Gasteiger partial charge in [-0.3, -0.25) is 19.3 Å². The maximum absolute atomic E-state index is 16.6. The predicted molar refractivity (Wildman–Crippen MR) is 179 cm³/mol. The van der Waals surface area contributed by atoms with Crippen LogP contribution in [-0.2, 0) is 11.3 Å². The number of aryl methyl sites for hydroxylation is 1. The summed E-state index contributed by atoms with van der Waals surface area (Å²) in [6, 6.07) is 10.9. The van der Waals surface area contributed by atoms with E-state index in [9.17, 15) is 14.9 Å². The Bertz CT molecular complexity index is 2090. The molecule has 1 aromatic carbocycles. The fourth-order valence-corrected chi connectivity index (χ4v) is 6.52. The molecular weight excluding hydrogens is 627 g/mol. The van der Waals surface area contributed by atoms with E-state index in [0.717, 1.165) is 5.69 Å². The third-order valence-corrected chi connectivity index (χ3v) is 9.05. The lowest BCUT2D eigenvalue weighted by Crippen LogP contribution is -2.49. The van der Waals surface area contributed by atoms with Gasteiger partial charge >= 0.3 is 0 Å². The van der Waals surface area contributed by atoms with Crippen LogP contribution in [0.2, 0.25) is 0 Å². The minimum Gasteiger partial charge on any atom is -0.496 e. The van der Waals surface area contributed by atoms with Crippen LogP contribution in [-0.4, -0.2) is 97.9 Å². The van der Waals surface area contributed by atoms with E-state index in [0.29, 0.717) is 84.8 Å². The molecule has 1 N–H and O–H groups in total. The number of rotatable bonds is 8. The van der Waals surface area contributed by atoms with Crippen LogP contribution < -0.4 is 9.64 Å². The number of hydrogen-bond acceptors (Lipinski definition) is 9. The average molecular weight is 661 g/mol. The Labute approximate surface area is 281 Å². The molecule has 6 heterocycles. The maximum atomic E-state index is 16.6. The Balaban J connectivity index is 1.19. The number of nitrogens with zero attached hydrogens (tertiary/aromatic N) is 9. The lowest BCUT2D eigenvalue weighted by Gasteiger charge is -2.36. The molecule has 0 spiro atoms. The topological polar surface area (TPSA) is 149 Å². The number of halogens is 1. The fourth-order valence-electron chi connectivity index (χ4n) is 6.52. The minimum atomic E-state index is -0.505. The molecule has 49 heavy (non-hydrogen) atoms. The Hall–Kier alpha value is -6.10. The highest BCUT2D eigenvalue weighted by molar-refractivity contribution is 6.05. The fraction of sp³-hybridized carbons (Fsp3) is 0.286. The molecule has 14 heteroatoms. The number of carbonyl (C=O) groups excluding carboxylic acids is 2. The van der Waals surface area contributed by atoms with Crippen LogP contribution in [0, 0.1) is 17.1 Å². The van der Waals surface area contributed by atoms with E-state index >= 15 is 4.39 Å². The van der Waals surface area contributed by atoms with Gasteiger partial charge in [0.1, 0.15) is 17.5 Å². The number of aromatic nitrogens is 6. The molecule has 0 saturated carbocycles. The molecule has 13 nitrogen and oxygen atoms in total. The van der Waals surface area contributed by atoms with Gasteiger partial charge in [-0.05, 0) is 47.9 Å². The van der Waals surface area contributed by atoms with Gasteiger partial charge in [0.2, 0.25) is 5.91 Å². The van der Waals surface area contributed by atoms with Crippen molar-refractivity contribution in [2.24, 2.45) is 0 Å². The number of benzene rings is 1. The van der Waals surface area contributed by atoms with Crippen molar-refractivity contribution >= 4 is 34.0 Å². The van der Waals surface area contributed by atoms with Crippen molar-refractivity contribution in [1.29, 1.82) is 5.26 Å². The second-order valence-electron chi connectivity index (χ2n) is 11.8. The number of amides is 2. The van der Waals surface area contributed by atoms with Gasteiger partial charge in [-0.1, -0.05) is 11.3 Å². The number of fused-ring (bicyclic) bond motifs is 1. The SMILES string of the molecule is COc1ccncc1-c1cc(C2=CCCN(C(=O)CCn3ccnn3)C2)c(F)c2[nH]c(C(=O)N3CCN(c4cccnc4C#N)CC3)cc12. The molecule has 1 saturated heterocycles. The minimum absolute atomic E-state index is 0.0584. The van der Waals surface area contributed by atoms with Crippen LogP contribution in [0.3, 0.4) is 0 Å². The number of nitrogens with one attached hydrogen (secondary N) is 1. The van der Waals surface area contributed by atoms with E-state index in [1.807, 2.05) is 17.0 Å². The Morgan fingerprint density at radius 1 is 1.04 bits per heavy atom. The molecule has 0 radical (unpaired) electrons. The highest BCUT2D eigenvalue weighted by Gasteiger charge is 2.28. The van der Waals surface area contributed by atoms with Crippen LogP contribution in [0.5, 0.6) is 5.75 Å². The van der Waals surface area contributed by atoms with Gasteiger partial charge < -0.3 is 24.4 Å². The Morgan fingerprint density at radius 2 is 1.90 bits per heavy atom. The number of pyridine rings is 2. The third kappa shape index (κ3) is 6.18. The second kappa shape index (κ2) is 13.6. The Kier molecular flexibility index (Phi) is 8.72. The van der Waals surface area contributed by atoms with Crippen molar-refractivity contribution in [3.8, 4) is 22.9 Å². The first-order valence-electron chi connectivity index (χ1n) is 16.0. The summed E-state index contributed by atoms with van der Waals surface area (Å²) in [6.07, 6.45) is 10.9. The first-order valence-corrected chi connectivity index (χ1v) is 16.0. The number of hydrogen-bond donors (Lipinski definition) is 1. The molecule has 0 unspecified atom stereocenters. The molecule has 7 rings (SSSR count). The largest absolute Gasteiger partial charge is 0.496 e. The second-order valence-corrected chi connectivity index (χ2v) is 11.8. The summed E-state index contributed by atoms with van der Waals surface area (Å²) < 4.78 is 23.9. The smallest absolute Gasteiger partial charge is 0.270 e. The zero-order valence-electron chi connectivity index (χ0n) is 26.8. The molecule has 0 bridgehead atoms. The van der Waals surface area contributed by atoms with Gasteiger partial charge in [0.15, 0.2) is 11.5 Å². The molecule has 2 amide bonds. The van der Waals surface area contributed by atoms with E-state index in [2.05, 4.69) is 31.3 Å². The number of piperazine rings is 1. The van der Waals surface area contributed by atoms with Gasteiger partial charge in [-0.15, -0.1) is 5.10 Å². The van der Waals surface area contributed by atoms with Crippen LogP contribution in [0.4, 0.5) is 10.1 Å². The highest BCUT2D eigenvalue weighted by Crippen LogP contribution is 2.40. The molecule has 5 aromatic rings. The summed E-state index contributed by atoms with van der Waals surface area (Å²) in [5.74, 6) is -0.270. The predicted octanol–water partition coefficient (Wildman–Crippen LogP) is 3.90. The highest BCUT2D eigenvalue weighted by atomic mass is 19.1. The van der Waals surface area contributed by atoms with Crippen LogP contribution in [0.25, 0.3) is 27.6 Å². The summed E-state index contributed by atoms with van der Waals surface area (Å²) >= 11 is 0. The lowest BCUT2D eigenvalue weighted by atomic mass is 9.93. The molecule has 4 aromatic heterocycles. The van der Waals surface area contributed by atoms with E-state index in [1.54, 1.807) is 76.8 Å². The van der Waals surface area contributed by atoms with Crippen molar-refractivity contribution in [1.82, 2.24) is 39.7 Å². The van der Waals surface area contributed by atoms with Crippen molar-refractivity contribution in [3.63, 3.8) is 0 Å². The van der Waals surface area contributed by atoms with E-state index in [-0.39, 0.29) is 36.0 Å². The van der Waals surface area contributed by atoms with Crippen molar-refractivity contribution in [2.75, 3.05) is 51.3 Å². The maximum Gasteiger partial charge on any atom is 0.270 e. The zero-order chi connectivity index (χ0) is 33.9. The average Bonchev–Trinajstić information content (AvgIpc) is 3.85. The van der Waals surface area contributed by atoms with Gasteiger partial charge in [0.25, 0.3) is 5.91 Å². The molecule has 2 aliphatic rings. The number of methoxy groups -OCH3 is 1. The van der Waals surface area contributed by atoms with Crippen molar-refractivity contribution in [3.05, 3.63) is 90.2 Å². The standard InChI is InChI=1S/C35H33FN10O3/c1-49-31-6-9-38-21-27(31)25-18-24(23-4-3-11-45(22-23)32(47)7-12-46-13-10-40-42-46)33(36)34-26(25)19-28(41-34)35(48)44-16-14-43(15-17-44)30-5-2-8-39-29(30)20-37/h2,4-6,8-10,13,18-19,21,41H,3,7,11-12,14-17,22H2,1H3. The monoisotopic (exact) mass is 660 g/mol. The molecule has 1 fully saturated rings. The first-order chi connectivity index (χ1) is 23.9. The number of H-pyrrole nitrogens is 1. The van der Waals surface area contributed by atoms with Crippen molar-refractivity contribution in [2.45, 2.75) is 19.4 Å². The number of nitriles is 1. The Morgan fingerprint density at radius 3 is 2.67 bits per heavy atom. The van der Waals surface area contributed by atoms with E-state index in [4.69, 9.17) is 4.74 Å². The number of ether oxygens (including phenoxy) is 1. The van der Waals surface area contributed by atoms with E-state index in [1.165, 1.54) is 0 Å².